The molecule has 0 aliphatic carbocycles. The molecule has 0 unspecified atom stereocenters. The second-order valence-corrected chi connectivity index (χ2v) is 5.66. The van der Waals surface area contributed by atoms with E-state index < -0.39 is 10.8 Å². The Morgan fingerprint density at radius 1 is 1.31 bits per heavy atom. The van der Waals surface area contributed by atoms with Crippen LogP contribution in [-0.2, 0) is 0 Å². The summed E-state index contributed by atoms with van der Waals surface area (Å²) >= 11 is 0. The third kappa shape index (κ3) is 6.02. The monoisotopic (exact) mass is 360 g/mol. The standard InChI is InChI=1S/C17H20N4O5/c1-20(2)10-3-11-25-14-6-4-13(5-7-14)17(22)19-18-12-15-8-9-16(26-15)21(23)24/h4-9,12H,3,10-11H2,1-2H3,(H,19,22)/b18-12+. The van der Waals surface area contributed by atoms with Gasteiger partial charge in [-0.3, -0.25) is 14.9 Å². The van der Waals surface area contributed by atoms with Crippen LogP contribution in [0.25, 0.3) is 0 Å². The fraction of sp³-hybridized carbons (Fsp3) is 0.294. The van der Waals surface area contributed by atoms with Crippen molar-refractivity contribution in [1.29, 1.82) is 0 Å². The van der Waals surface area contributed by atoms with Crippen LogP contribution in [-0.4, -0.2) is 49.2 Å². The normalized spacial score (nSPS) is 11.0. The van der Waals surface area contributed by atoms with Gasteiger partial charge in [-0.2, -0.15) is 5.10 Å². The molecule has 26 heavy (non-hydrogen) atoms. The van der Waals surface area contributed by atoms with Crippen molar-refractivity contribution in [3.63, 3.8) is 0 Å². The minimum Gasteiger partial charge on any atom is -0.494 e. The van der Waals surface area contributed by atoms with E-state index in [1.807, 2.05) is 14.1 Å². The lowest BCUT2D eigenvalue weighted by molar-refractivity contribution is -0.402. The number of nitrogens with zero attached hydrogens (tertiary/aromatic N) is 3. The van der Waals surface area contributed by atoms with Crippen molar-refractivity contribution < 1.29 is 18.9 Å². The summed E-state index contributed by atoms with van der Waals surface area (Å²) in [5, 5.41) is 14.2. The number of nitro groups is 1. The van der Waals surface area contributed by atoms with Crippen LogP contribution in [0.3, 0.4) is 0 Å². The molecule has 0 bridgehead atoms. The van der Waals surface area contributed by atoms with Gasteiger partial charge in [-0.05, 0) is 50.8 Å². The first-order valence-electron chi connectivity index (χ1n) is 7.91. The van der Waals surface area contributed by atoms with Crippen LogP contribution in [0.4, 0.5) is 5.88 Å². The van der Waals surface area contributed by atoms with Crippen molar-refractivity contribution in [2.24, 2.45) is 5.10 Å². The van der Waals surface area contributed by atoms with Crippen LogP contribution in [0.5, 0.6) is 5.75 Å². The highest BCUT2D eigenvalue weighted by atomic mass is 16.6. The molecule has 1 aromatic carbocycles. The molecule has 1 heterocycles. The fourth-order valence-electron chi connectivity index (χ4n) is 2.00. The number of hydrazone groups is 1. The molecule has 0 atom stereocenters. The molecule has 2 rings (SSSR count). The van der Waals surface area contributed by atoms with E-state index >= 15 is 0 Å². The second-order valence-electron chi connectivity index (χ2n) is 5.66. The van der Waals surface area contributed by atoms with Crippen molar-refractivity contribution in [3.05, 3.63) is 57.8 Å². The maximum atomic E-state index is 12.0. The summed E-state index contributed by atoms with van der Waals surface area (Å²) in [7, 11) is 4.01. The molecule has 0 saturated heterocycles. The summed E-state index contributed by atoms with van der Waals surface area (Å²) in [6.45, 7) is 1.54. The van der Waals surface area contributed by atoms with E-state index in [4.69, 9.17) is 9.15 Å². The first kappa shape index (κ1) is 19.1. The molecule has 0 aliphatic rings. The summed E-state index contributed by atoms with van der Waals surface area (Å²) in [5.41, 5.74) is 2.73. The number of amides is 1. The largest absolute Gasteiger partial charge is 0.494 e. The number of carbonyl (C=O) groups excluding carboxylic acids is 1. The number of hydrogen-bond acceptors (Lipinski definition) is 7. The number of rotatable bonds is 9. The Morgan fingerprint density at radius 3 is 2.65 bits per heavy atom. The molecule has 0 fully saturated rings. The first-order chi connectivity index (χ1) is 12.5. The third-order valence-corrected chi connectivity index (χ3v) is 3.29. The minimum absolute atomic E-state index is 0.165. The summed E-state index contributed by atoms with van der Waals surface area (Å²) < 4.78 is 10.5. The van der Waals surface area contributed by atoms with E-state index in [1.165, 1.54) is 18.3 Å². The van der Waals surface area contributed by atoms with Crippen molar-refractivity contribution >= 4 is 18.0 Å². The predicted molar refractivity (Wildman–Crippen MR) is 95.5 cm³/mol. The summed E-state index contributed by atoms with van der Waals surface area (Å²) in [6.07, 6.45) is 2.10. The van der Waals surface area contributed by atoms with Gasteiger partial charge in [0.05, 0.1) is 18.9 Å². The van der Waals surface area contributed by atoms with Crippen LogP contribution in [0.15, 0.2) is 45.9 Å². The van der Waals surface area contributed by atoms with Gasteiger partial charge < -0.3 is 14.1 Å². The quantitative estimate of drug-likeness (QED) is 0.318. The molecule has 0 radical (unpaired) electrons. The Hall–Kier alpha value is -3.20. The number of benzene rings is 1. The van der Waals surface area contributed by atoms with Gasteiger partial charge in [0.25, 0.3) is 5.91 Å². The fourth-order valence-corrected chi connectivity index (χ4v) is 2.00. The molecule has 138 valence electrons. The minimum atomic E-state index is -0.653. The van der Waals surface area contributed by atoms with Crippen LogP contribution >= 0.6 is 0 Å². The average Bonchev–Trinajstić information content (AvgIpc) is 3.08. The van der Waals surface area contributed by atoms with Crippen LogP contribution in [0, 0.1) is 10.1 Å². The van der Waals surface area contributed by atoms with Crippen molar-refractivity contribution in [3.8, 4) is 5.75 Å². The Bertz CT molecular complexity index is 768. The summed E-state index contributed by atoms with van der Waals surface area (Å²) in [4.78, 5) is 23.9. The highest BCUT2D eigenvalue weighted by Crippen LogP contribution is 2.14. The zero-order chi connectivity index (χ0) is 18.9. The van der Waals surface area contributed by atoms with Crippen molar-refractivity contribution in [1.82, 2.24) is 10.3 Å². The van der Waals surface area contributed by atoms with Crippen LogP contribution in [0.1, 0.15) is 22.5 Å². The molecule has 0 aliphatic heterocycles. The maximum Gasteiger partial charge on any atom is 0.433 e. The SMILES string of the molecule is CN(C)CCCOc1ccc(C(=O)N/N=C/c2ccc([N+](=O)[O-])o2)cc1. The lowest BCUT2D eigenvalue weighted by atomic mass is 10.2. The zero-order valence-corrected chi connectivity index (χ0v) is 14.5. The highest BCUT2D eigenvalue weighted by Gasteiger charge is 2.10. The third-order valence-electron chi connectivity index (χ3n) is 3.29. The maximum absolute atomic E-state index is 12.0. The van der Waals surface area contributed by atoms with Gasteiger partial charge in [0.2, 0.25) is 0 Å². The van der Waals surface area contributed by atoms with E-state index in [0.29, 0.717) is 17.9 Å². The molecule has 1 amide bonds. The molecule has 0 saturated carbocycles. The molecule has 2 aromatic rings. The van der Waals surface area contributed by atoms with Gasteiger partial charge in [-0.25, -0.2) is 5.43 Å². The van der Waals surface area contributed by atoms with Gasteiger partial charge in [-0.1, -0.05) is 0 Å². The zero-order valence-electron chi connectivity index (χ0n) is 14.5. The Morgan fingerprint density at radius 2 is 2.04 bits per heavy atom. The van der Waals surface area contributed by atoms with Gasteiger partial charge in [0, 0.05) is 12.1 Å². The first-order valence-corrected chi connectivity index (χ1v) is 7.91. The van der Waals surface area contributed by atoms with E-state index in [0.717, 1.165) is 13.0 Å². The molecule has 9 heteroatoms. The summed E-state index contributed by atoms with van der Waals surface area (Å²) in [6, 6.07) is 9.28. The number of hydrogen-bond donors (Lipinski definition) is 1. The predicted octanol–water partition coefficient (Wildman–Crippen LogP) is 2.28. The lowest BCUT2D eigenvalue weighted by Crippen LogP contribution is -2.17. The van der Waals surface area contributed by atoms with Gasteiger partial charge in [0.1, 0.15) is 10.7 Å². The summed E-state index contributed by atoms with van der Waals surface area (Å²) in [5.74, 6) is 0.0468. The molecule has 1 aromatic heterocycles. The molecule has 9 nitrogen and oxygen atoms in total. The second kappa shape index (κ2) is 9.33. The molecular formula is C17H20N4O5. The van der Waals surface area contributed by atoms with E-state index in [9.17, 15) is 14.9 Å². The Balaban J connectivity index is 1.81. The van der Waals surface area contributed by atoms with Crippen molar-refractivity contribution in [2.45, 2.75) is 6.42 Å². The molecule has 1 N–H and O–H groups in total. The lowest BCUT2D eigenvalue weighted by Gasteiger charge is -2.10. The molecule has 0 spiro atoms. The van der Waals surface area contributed by atoms with E-state index in [1.54, 1.807) is 24.3 Å². The number of ether oxygens (including phenoxy) is 1. The number of furan rings is 1. The number of nitrogens with one attached hydrogen (secondary N) is 1. The molecular weight excluding hydrogens is 340 g/mol. The smallest absolute Gasteiger partial charge is 0.433 e. The topological polar surface area (TPSA) is 110 Å². The van der Waals surface area contributed by atoms with E-state index in [2.05, 4.69) is 15.4 Å². The van der Waals surface area contributed by atoms with Gasteiger partial charge in [0.15, 0.2) is 5.76 Å². The van der Waals surface area contributed by atoms with Crippen LogP contribution < -0.4 is 10.2 Å². The average molecular weight is 360 g/mol. The Kier molecular flexibility index (Phi) is 6.86. The highest BCUT2D eigenvalue weighted by molar-refractivity contribution is 5.94. The van der Waals surface area contributed by atoms with Crippen molar-refractivity contribution in [2.75, 3.05) is 27.2 Å². The van der Waals surface area contributed by atoms with Crippen LogP contribution in [0.2, 0.25) is 0 Å². The van der Waals surface area contributed by atoms with Gasteiger partial charge >= 0.3 is 5.88 Å². The number of carbonyl (C=O) groups is 1. The van der Waals surface area contributed by atoms with E-state index in [-0.39, 0.29) is 11.6 Å². The Labute approximate surface area is 150 Å². The van der Waals surface area contributed by atoms with Gasteiger partial charge in [-0.15, -0.1) is 0 Å².